The Kier molecular flexibility index (Phi) is 4.62. The Morgan fingerprint density at radius 1 is 1.15 bits per heavy atom. The molecule has 1 amide bonds. The Bertz CT molecular complexity index is 898. The van der Waals surface area contributed by atoms with E-state index in [4.69, 9.17) is 0 Å². The maximum Gasteiger partial charge on any atom is 0.261 e. The molecule has 1 unspecified atom stereocenters. The molecule has 0 spiro atoms. The van der Waals surface area contributed by atoms with Crippen molar-refractivity contribution in [3.63, 3.8) is 0 Å². The minimum Gasteiger partial charge on any atom is -0.353 e. The van der Waals surface area contributed by atoms with Crippen molar-refractivity contribution in [1.29, 1.82) is 0 Å². The van der Waals surface area contributed by atoms with E-state index in [0.717, 1.165) is 23.7 Å². The Morgan fingerprint density at radius 2 is 2.04 bits per heavy atom. The molecular weight excluding hydrogens is 351 g/mol. The minimum absolute atomic E-state index is 0.0344. The van der Waals surface area contributed by atoms with E-state index in [2.05, 4.69) is 20.4 Å². The third kappa shape index (κ3) is 3.43. The first-order valence-electron chi connectivity index (χ1n) is 8.38. The Hall–Kier alpha value is -2.80. The van der Waals surface area contributed by atoms with Gasteiger partial charge in [0.15, 0.2) is 5.82 Å². The first-order valence-corrected chi connectivity index (χ1v) is 9.26. The molecule has 0 radical (unpaired) electrons. The molecule has 3 heterocycles. The maximum absolute atomic E-state index is 13.8. The summed E-state index contributed by atoms with van der Waals surface area (Å²) in [6.45, 7) is 1.48. The fraction of sp³-hybridized carbons (Fsp3) is 0.211. The van der Waals surface area contributed by atoms with Crippen LogP contribution in [0.15, 0.2) is 53.9 Å². The molecule has 5 nitrogen and oxygen atoms in total. The minimum atomic E-state index is -0.313. The van der Waals surface area contributed by atoms with Crippen LogP contribution in [0.2, 0.25) is 0 Å². The van der Waals surface area contributed by atoms with Crippen LogP contribution in [0, 0.1) is 5.82 Å². The molecule has 3 aromatic rings. The van der Waals surface area contributed by atoms with Crippen LogP contribution < -0.4 is 10.2 Å². The predicted molar refractivity (Wildman–Crippen MR) is 99.8 cm³/mol. The fourth-order valence-electron chi connectivity index (χ4n) is 3.06. The molecular formula is C19H17FN4OS. The van der Waals surface area contributed by atoms with Gasteiger partial charge in [-0.1, -0.05) is 18.2 Å². The molecule has 4 rings (SSSR count). The van der Waals surface area contributed by atoms with Crippen molar-refractivity contribution >= 4 is 23.1 Å². The van der Waals surface area contributed by atoms with Gasteiger partial charge >= 0.3 is 0 Å². The summed E-state index contributed by atoms with van der Waals surface area (Å²) < 4.78 is 13.8. The third-order valence-corrected chi connectivity index (χ3v) is 5.26. The van der Waals surface area contributed by atoms with Crippen LogP contribution in [0.3, 0.4) is 0 Å². The van der Waals surface area contributed by atoms with E-state index in [1.54, 1.807) is 24.3 Å². The van der Waals surface area contributed by atoms with Gasteiger partial charge in [0.2, 0.25) is 0 Å². The molecule has 0 aliphatic carbocycles. The lowest BCUT2D eigenvalue weighted by atomic mass is 10.1. The summed E-state index contributed by atoms with van der Waals surface area (Å²) in [5.74, 6) is 0.387. The largest absolute Gasteiger partial charge is 0.353 e. The summed E-state index contributed by atoms with van der Waals surface area (Å²) in [6, 6.07) is 13.9. The molecule has 1 aliphatic heterocycles. The zero-order valence-electron chi connectivity index (χ0n) is 13.9. The second-order valence-electron chi connectivity index (χ2n) is 6.14. The van der Waals surface area contributed by atoms with E-state index in [1.807, 2.05) is 23.6 Å². The highest BCUT2D eigenvalue weighted by Gasteiger charge is 2.25. The van der Waals surface area contributed by atoms with Crippen molar-refractivity contribution in [1.82, 2.24) is 15.5 Å². The van der Waals surface area contributed by atoms with Crippen molar-refractivity contribution in [2.75, 3.05) is 18.0 Å². The molecule has 132 valence electrons. The summed E-state index contributed by atoms with van der Waals surface area (Å²) >= 11 is 1.43. The topological polar surface area (TPSA) is 58.1 Å². The average molecular weight is 368 g/mol. The summed E-state index contributed by atoms with van der Waals surface area (Å²) in [6.07, 6.45) is 0.855. The highest BCUT2D eigenvalue weighted by Crippen LogP contribution is 2.23. The van der Waals surface area contributed by atoms with Gasteiger partial charge in [-0.25, -0.2) is 4.39 Å². The molecule has 1 aliphatic rings. The molecule has 0 saturated carbocycles. The monoisotopic (exact) mass is 368 g/mol. The number of hydrogen-bond donors (Lipinski definition) is 1. The predicted octanol–water partition coefficient (Wildman–Crippen LogP) is 3.35. The number of amides is 1. The smallest absolute Gasteiger partial charge is 0.261 e. The van der Waals surface area contributed by atoms with Gasteiger partial charge in [0, 0.05) is 24.7 Å². The number of nitrogens with zero attached hydrogens (tertiary/aromatic N) is 3. The van der Waals surface area contributed by atoms with Crippen LogP contribution in [0.25, 0.3) is 11.3 Å². The van der Waals surface area contributed by atoms with E-state index in [1.165, 1.54) is 17.4 Å². The van der Waals surface area contributed by atoms with Crippen LogP contribution >= 0.6 is 11.3 Å². The van der Waals surface area contributed by atoms with Gasteiger partial charge in [-0.05, 0) is 42.1 Å². The number of carbonyl (C=O) groups is 1. The third-order valence-electron chi connectivity index (χ3n) is 4.39. The van der Waals surface area contributed by atoms with Crippen LogP contribution in [0.1, 0.15) is 16.1 Å². The van der Waals surface area contributed by atoms with Crippen molar-refractivity contribution in [2.24, 2.45) is 0 Å². The molecule has 1 fully saturated rings. The van der Waals surface area contributed by atoms with Crippen LogP contribution in [0.5, 0.6) is 0 Å². The Balaban J connectivity index is 1.41. The van der Waals surface area contributed by atoms with E-state index in [9.17, 15) is 9.18 Å². The van der Waals surface area contributed by atoms with E-state index in [-0.39, 0.29) is 17.8 Å². The molecule has 1 N–H and O–H groups in total. The maximum atomic E-state index is 13.8. The van der Waals surface area contributed by atoms with Crippen LogP contribution in [-0.2, 0) is 0 Å². The molecule has 2 aromatic heterocycles. The number of nitrogens with one attached hydrogen (secondary N) is 1. The number of hydrogen-bond acceptors (Lipinski definition) is 5. The SMILES string of the molecule is O=C(NC1CCN(c2ccc(-c3ccccc3F)nn2)C1)c1cccs1. The molecule has 1 aromatic carbocycles. The van der Waals surface area contributed by atoms with Crippen molar-refractivity contribution in [2.45, 2.75) is 12.5 Å². The molecule has 7 heteroatoms. The standard InChI is InChI=1S/C19H17FN4OS/c20-15-5-2-1-4-14(15)16-7-8-18(23-22-16)24-10-9-13(12-24)21-19(25)17-6-3-11-26-17/h1-8,11,13H,9-10,12H2,(H,21,25). The second kappa shape index (κ2) is 7.21. The van der Waals surface area contributed by atoms with Crippen LogP contribution in [-0.4, -0.2) is 35.2 Å². The normalized spacial score (nSPS) is 16.7. The highest BCUT2D eigenvalue weighted by atomic mass is 32.1. The quantitative estimate of drug-likeness (QED) is 0.767. The first kappa shape index (κ1) is 16.7. The second-order valence-corrected chi connectivity index (χ2v) is 7.09. The first-order chi connectivity index (χ1) is 12.7. The molecule has 26 heavy (non-hydrogen) atoms. The highest BCUT2D eigenvalue weighted by molar-refractivity contribution is 7.12. The van der Waals surface area contributed by atoms with Gasteiger partial charge in [-0.15, -0.1) is 21.5 Å². The van der Waals surface area contributed by atoms with Gasteiger partial charge < -0.3 is 10.2 Å². The number of rotatable bonds is 4. The zero-order chi connectivity index (χ0) is 17.9. The lowest BCUT2D eigenvalue weighted by Crippen LogP contribution is -2.36. The van der Waals surface area contributed by atoms with Gasteiger partial charge in [-0.3, -0.25) is 4.79 Å². The molecule has 1 saturated heterocycles. The average Bonchev–Trinajstić information content (AvgIpc) is 3.34. The summed E-state index contributed by atoms with van der Waals surface area (Å²) in [5.41, 5.74) is 0.947. The van der Waals surface area contributed by atoms with E-state index in [0.29, 0.717) is 17.8 Å². The number of halogens is 1. The Morgan fingerprint density at radius 3 is 2.77 bits per heavy atom. The van der Waals surface area contributed by atoms with Crippen LogP contribution in [0.4, 0.5) is 10.2 Å². The van der Waals surface area contributed by atoms with Crippen molar-refractivity contribution in [3.8, 4) is 11.3 Å². The lowest BCUT2D eigenvalue weighted by molar-refractivity contribution is 0.0944. The van der Waals surface area contributed by atoms with E-state index < -0.39 is 0 Å². The zero-order valence-corrected chi connectivity index (χ0v) is 14.7. The number of thiophene rings is 1. The van der Waals surface area contributed by atoms with E-state index >= 15 is 0 Å². The number of carbonyl (C=O) groups excluding carboxylic acids is 1. The Labute approximate surface area is 154 Å². The number of anilines is 1. The summed E-state index contributed by atoms with van der Waals surface area (Å²) in [5, 5.41) is 13.4. The fourth-order valence-corrected chi connectivity index (χ4v) is 3.68. The number of aromatic nitrogens is 2. The lowest BCUT2D eigenvalue weighted by Gasteiger charge is -2.17. The van der Waals surface area contributed by atoms with Crippen molar-refractivity contribution in [3.05, 3.63) is 64.6 Å². The van der Waals surface area contributed by atoms with Gasteiger partial charge in [0.1, 0.15) is 5.82 Å². The molecule has 0 bridgehead atoms. The van der Waals surface area contributed by atoms with Gasteiger partial charge in [0.25, 0.3) is 5.91 Å². The van der Waals surface area contributed by atoms with Gasteiger partial charge in [-0.2, -0.15) is 0 Å². The van der Waals surface area contributed by atoms with Gasteiger partial charge in [0.05, 0.1) is 10.6 Å². The summed E-state index contributed by atoms with van der Waals surface area (Å²) in [7, 11) is 0. The summed E-state index contributed by atoms with van der Waals surface area (Å²) in [4.78, 5) is 15.0. The molecule has 1 atom stereocenters. The number of benzene rings is 1. The van der Waals surface area contributed by atoms with Crippen molar-refractivity contribution < 1.29 is 9.18 Å².